The van der Waals surface area contributed by atoms with Gasteiger partial charge in [-0.25, -0.2) is 0 Å². The summed E-state index contributed by atoms with van der Waals surface area (Å²) in [5.41, 5.74) is -0.0292. The van der Waals surface area contributed by atoms with Crippen LogP contribution in [0, 0.1) is 0 Å². The van der Waals surface area contributed by atoms with Crippen molar-refractivity contribution in [2.45, 2.75) is 43.9 Å². The molecule has 2 fully saturated rings. The lowest BCUT2D eigenvalue weighted by atomic mass is 9.89. The van der Waals surface area contributed by atoms with E-state index in [0.717, 1.165) is 26.1 Å². The summed E-state index contributed by atoms with van der Waals surface area (Å²) in [4.78, 5) is 8.41. The fourth-order valence-corrected chi connectivity index (χ4v) is 3.59. The van der Waals surface area contributed by atoms with E-state index in [1.807, 2.05) is 6.92 Å². The van der Waals surface area contributed by atoms with Gasteiger partial charge < -0.3 is 20.3 Å². The highest BCUT2D eigenvalue weighted by molar-refractivity contribution is 14.0. The number of likely N-dealkylation sites (tertiary alicyclic amines) is 1. The maximum Gasteiger partial charge on any atom is 0.401 e. The van der Waals surface area contributed by atoms with Gasteiger partial charge in [-0.1, -0.05) is 0 Å². The molecule has 2 aliphatic rings. The van der Waals surface area contributed by atoms with Crippen LogP contribution in [0.2, 0.25) is 0 Å². The first kappa shape index (κ1) is 24.7. The molecule has 0 aromatic carbocycles. The topological polar surface area (TPSA) is 52.1 Å². The molecule has 0 aliphatic carbocycles. The highest BCUT2D eigenvalue weighted by atomic mass is 127. The van der Waals surface area contributed by atoms with Crippen LogP contribution in [-0.2, 0) is 4.74 Å². The number of aliphatic imine (C=N–C) groups is 1. The Labute approximate surface area is 177 Å². The number of nitrogens with zero attached hydrogens (tertiary/aromatic N) is 3. The van der Waals surface area contributed by atoms with Crippen LogP contribution in [0.1, 0.15) is 26.2 Å². The minimum atomic E-state index is -4.14. The van der Waals surface area contributed by atoms with Crippen molar-refractivity contribution in [3.05, 3.63) is 0 Å². The smallest absolute Gasteiger partial charge is 0.381 e. The molecule has 1 unspecified atom stereocenters. The molecule has 0 radical (unpaired) electrons. The molecule has 0 bridgehead atoms. The predicted molar refractivity (Wildman–Crippen MR) is 112 cm³/mol. The second kappa shape index (κ2) is 11.0. The van der Waals surface area contributed by atoms with Crippen molar-refractivity contribution in [2.75, 3.05) is 60.0 Å². The maximum absolute atomic E-state index is 12.5. The van der Waals surface area contributed by atoms with Gasteiger partial charge in [0.05, 0.1) is 13.1 Å². The summed E-state index contributed by atoms with van der Waals surface area (Å²) in [5, 5.41) is 6.53. The average Bonchev–Trinajstić information content (AvgIpc) is 2.98. The number of ether oxygens (including phenoxy) is 1. The van der Waals surface area contributed by atoms with E-state index < -0.39 is 12.7 Å². The van der Waals surface area contributed by atoms with Gasteiger partial charge in [-0.3, -0.25) is 9.89 Å². The highest BCUT2D eigenvalue weighted by Crippen LogP contribution is 2.26. The van der Waals surface area contributed by atoms with Crippen molar-refractivity contribution in [2.24, 2.45) is 4.99 Å². The van der Waals surface area contributed by atoms with E-state index >= 15 is 0 Å². The second-order valence-electron chi connectivity index (χ2n) is 7.41. The summed E-state index contributed by atoms with van der Waals surface area (Å²) >= 11 is 0. The molecule has 160 valence electrons. The first-order valence-electron chi connectivity index (χ1n) is 9.33. The van der Waals surface area contributed by atoms with Crippen LogP contribution >= 0.6 is 24.0 Å². The Morgan fingerprint density at radius 3 is 2.52 bits per heavy atom. The lowest BCUT2D eigenvalue weighted by molar-refractivity contribution is -0.143. The Kier molecular flexibility index (Phi) is 10.1. The third kappa shape index (κ3) is 7.90. The number of hydrogen-bond acceptors (Lipinski definition) is 4. The molecule has 10 heteroatoms. The molecular formula is C17H33F3IN5O. The molecule has 2 heterocycles. The van der Waals surface area contributed by atoms with Crippen molar-refractivity contribution in [3.63, 3.8) is 0 Å². The summed E-state index contributed by atoms with van der Waals surface area (Å²) in [6.45, 7) is 4.78. The molecule has 2 N–H and O–H groups in total. The van der Waals surface area contributed by atoms with Gasteiger partial charge in [0.25, 0.3) is 0 Å². The van der Waals surface area contributed by atoms with Gasteiger partial charge in [-0.05, 0) is 40.3 Å². The van der Waals surface area contributed by atoms with Gasteiger partial charge in [-0.15, -0.1) is 24.0 Å². The number of rotatable bonds is 6. The Balaban J connectivity index is 0.00000364. The summed E-state index contributed by atoms with van der Waals surface area (Å²) < 4.78 is 43.1. The van der Waals surface area contributed by atoms with Gasteiger partial charge >= 0.3 is 6.18 Å². The molecule has 1 atom stereocenters. The first-order valence-corrected chi connectivity index (χ1v) is 9.33. The van der Waals surface area contributed by atoms with E-state index in [0.29, 0.717) is 38.6 Å². The maximum atomic E-state index is 12.5. The molecule has 2 saturated heterocycles. The summed E-state index contributed by atoms with van der Waals surface area (Å²) in [6.07, 6.45) is -1.61. The number of nitrogens with one attached hydrogen (secondary N) is 2. The normalized spacial score (nSPS) is 24.0. The molecule has 2 aliphatic heterocycles. The molecule has 27 heavy (non-hydrogen) atoms. The van der Waals surface area contributed by atoms with Crippen molar-refractivity contribution >= 4 is 29.9 Å². The number of likely N-dealkylation sites (N-methyl/N-ethyl adjacent to an activating group) is 1. The van der Waals surface area contributed by atoms with E-state index in [4.69, 9.17) is 9.73 Å². The van der Waals surface area contributed by atoms with Crippen LogP contribution in [0.25, 0.3) is 0 Å². The third-order valence-electron chi connectivity index (χ3n) is 5.26. The number of hydrogen-bond donors (Lipinski definition) is 2. The zero-order valence-corrected chi connectivity index (χ0v) is 18.8. The summed E-state index contributed by atoms with van der Waals surface area (Å²) in [6, 6.07) is -0.0138. The Hall–Kier alpha value is -0.330. The summed E-state index contributed by atoms with van der Waals surface area (Å²) in [7, 11) is 4.13. The van der Waals surface area contributed by atoms with Crippen LogP contribution in [0.3, 0.4) is 0 Å². The first-order chi connectivity index (χ1) is 12.2. The third-order valence-corrected chi connectivity index (χ3v) is 5.26. The van der Waals surface area contributed by atoms with Crippen molar-refractivity contribution in [1.29, 1.82) is 0 Å². The van der Waals surface area contributed by atoms with E-state index in [1.165, 1.54) is 4.90 Å². The highest BCUT2D eigenvalue weighted by Gasteiger charge is 2.36. The van der Waals surface area contributed by atoms with Crippen LogP contribution in [0.15, 0.2) is 4.99 Å². The molecule has 6 nitrogen and oxygen atoms in total. The number of halogens is 4. The molecule has 2 rings (SSSR count). The van der Waals surface area contributed by atoms with Gasteiger partial charge in [0.15, 0.2) is 5.96 Å². The van der Waals surface area contributed by atoms with E-state index in [1.54, 1.807) is 0 Å². The number of guanidine groups is 1. The van der Waals surface area contributed by atoms with Crippen molar-refractivity contribution < 1.29 is 17.9 Å². The Bertz CT molecular complexity index is 470. The largest absolute Gasteiger partial charge is 0.401 e. The van der Waals surface area contributed by atoms with Crippen LogP contribution in [0.5, 0.6) is 0 Å². The van der Waals surface area contributed by atoms with Gasteiger partial charge in [0.2, 0.25) is 0 Å². The minimum Gasteiger partial charge on any atom is -0.381 e. The minimum absolute atomic E-state index is 0. The molecule has 0 saturated carbocycles. The van der Waals surface area contributed by atoms with Crippen molar-refractivity contribution in [3.8, 4) is 0 Å². The molecule has 0 spiro atoms. The van der Waals surface area contributed by atoms with Gasteiger partial charge in [0.1, 0.15) is 0 Å². The zero-order chi connectivity index (χ0) is 19.2. The van der Waals surface area contributed by atoms with Crippen LogP contribution < -0.4 is 10.6 Å². The number of alkyl halides is 3. The van der Waals surface area contributed by atoms with Gasteiger partial charge in [-0.2, -0.15) is 13.2 Å². The molecular weight excluding hydrogens is 474 g/mol. The molecule has 0 aromatic rings. The second-order valence-corrected chi connectivity index (χ2v) is 7.41. The molecule has 0 amide bonds. The van der Waals surface area contributed by atoms with Crippen LogP contribution in [0.4, 0.5) is 13.2 Å². The Morgan fingerprint density at radius 1 is 1.30 bits per heavy atom. The van der Waals surface area contributed by atoms with E-state index in [-0.39, 0.29) is 35.6 Å². The Morgan fingerprint density at radius 2 is 1.96 bits per heavy atom. The SMILES string of the molecule is CCNC(=NCC1(N(C)C)CCOCC1)NC1CCN(CC(F)(F)F)C1.I. The van der Waals surface area contributed by atoms with E-state index in [2.05, 4.69) is 29.6 Å². The van der Waals surface area contributed by atoms with Crippen LogP contribution in [-0.4, -0.2) is 93.5 Å². The zero-order valence-electron chi connectivity index (χ0n) is 16.4. The average molecular weight is 507 g/mol. The van der Waals surface area contributed by atoms with Crippen molar-refractivity contribution in [1.82, 2.24) is 20.4 Å². The summed E-state index contributed by atoms with van der Waals surface area (Å²) in [5.74, 6) is 0.680. The monoisotopic (exact) mass is 507 g/mol. The fraction of sp³-hybridized carbons (Fsp3) is 0.941. The quantitative estimate of drug-likeness (QED) is 0.327. The molecule has 0 aromatic heterocycles. The standard InChI is InChI=1S/C17H32F3N5O.HI/c1-4-21-15(22-12-16(24(2)3)6-9-26-10-7-16)23-14-5-8-25(11-14)13-17(18,19)20;/h14H,4-13H2,1-3H3,(H2,21,22,23);1H. The fourth-order valence-electron chi connectivity index (χ4n) is 3.59. The lowest BCUT2D eigenvalue weighted by Crippen LogP contribution is -2.52. The van der Waals surface area contributed by atoms with Gasteiger partial charge in [0, 0.05) is 44.4 Å². The predicted octanol–water partition coefficient (Wildman–Crippen LogP) is 1.91. The lowest BCUT2D eigenvalue weighted by Gasteiger charge is -2.41. The van der Waals surface area contributed by atoms with E-state index in [9.17, 15) is 13.2 Å².